The first kappa shape index (κ1) is 14.6. The van der Waals surface area contributed by atoms with Crippen LogP contribution in [-0.4, -0.2) is 21.5 Å². The summed E-state index contributed by atoms with van der Waals surface area (Å²) >= 11 is 1.55. The third-order valence-electron chi connectivity index (χ3n) is 2.64. The minimum Gasteiger partial charge on any atom is -0.359 e. The molecule has 0 fully saturated rings. The zero-order valence-corrected chi connectivity index (χ0v) is 12.6. The van der Waals surface area contributed by atoms with Crippen LogP contribution in [-0.2, 0) is 0 Å². The van der Waals surface area contributed by atoms with Crippen LogP contribution < -0.4 is 10.6 Å². The van der Waals surface area contributed by atoms with E-state index in [0.29, 0.717) is 5.95 Å². The maximum atomic E-state index is 13.7. The second-order valence-corrected chi connectivity index (χ2v) is 5.40. The minimum atomic E-state index is -0.466. The smallest absolute Gasteiger partial charge is 0.224 e. The van der Waals surface area contributed by atoms with Crippen molar-refractivity contribution < 1.29 is 4.39 Å². The summed E-state index contributed by atoms with van der Waals surface area (Å²) < 4.78 is 13.7. The topological polar surface area (TPSA) is 62.7 Å². The molecule has 0 aliphatic heterocycles. The molecule has 2 N–H and O–H groups in total. The van der Waals surface area contributed by atoms with Gasteiger partial charge in [-0.05, 0) is 20.3 Å². The van der Waals surface area contributed by atoms with Crippen molar-refractivity contribution in [2.24, 2.45) is 0 Å². The Bertz CT molecular complexity index is 572. The Morgan fingerprint density at radius 3 is 2.85 bits per heavy atom. The lowest BCUT2D eigenvalue weighted by Gasteiger charge is -2.13. The Hall–Kier alpha value is -1.76. The van der Waals surface area contributed by atoms with Crippen LogP contribution in [0, 0.1) is 12.7 Å². The number of anilines is 2. The molecule has 0 aliphatic rings. The lowest BCUT2D eigenvalue weighted by atomic mass is 10.3. The van der Waals surface area contributed by atoms with E-state index >= 15 is 0 Å². The largest absolute Gasteiger partial charge is 0.359 e. The van der Waals surface area contributed by atoms with E-state index in [1.54, 1.807) is 11.3 Å². The molecule has 0 saturated carbocycles. The maximum absolute atomic E-state index is 13.7. The van der Waals surface area contributed by atoms with Crippen LogP contribution in [0.5, 0.6) is 0 Å². The molecule has 0 spiro atoms. The van der Waals surface area contributed by atoms with Gasteiger partial charge < -0.3 is 10.6 Å². The van der Waals surface area contributed by atoms with Gasteiger partial charge in [-0.2, -0.15) is 4.98 Å². The number of hydrogen-bond acceptors (Lipinski definition) is 6. The van der Waals surface area contributed by atoms with Crippen molar-refractivity contribution in [3.8, 4) is 0 Å². The monoisotopic (exact) mass is 295 g/mol. The summed E-state index contributed by atoms with van der Waals surface area (Å²) in [7, 11) is 0. The number of halogens is 1. The summed E-state index contributed by atoms with van der Waals surface area (Å²) in [6, 6.07) is -0.0999. The maximum Gasteiger partial charge on any atom is 0.224 e. The Labute approximate surface area is 121 Å². The molecule has 1 unspecified atom stereocenters. The molecule has 2 heterocycles. The molecule has 108 valence electrons. The van der Waals surface area contributed by atoms with Crippen molar-refractivity contribution in [1.29, 1.82) is 0 Å². The van der Waals surface area contributed by atoms with E-state index in [1.807, 2.05) is 26.2 Å². The second kappa shape index (κ2) is 6.60. The van der Waals surface area contributed by atoms with Gasteiger partial charge in [0.05, 0.1) is 12.2 Å². The van der Waals surface area contributed by atoms with Gasteiger partial charge in [0.2, 0.25) is 5.95 Å². The molecule has 2 aromatic heterocycles. The van der Waals surface area contributed by atoms with Crippen LogP contribution in [0.25, 0.3) is 0 Å². The van der Waals surface area contributed by atoms with Gasteiger partial charge in [0.25, 0.3) is 0 Å². The van der Waals surface area contributed by atoms with E-state index in [1.165, 1.54) is 6.20 Å². The number of hydrogen-bond donors (Lipinski definition) is 2. The highest BCUT2D eigenvalue weighted by Gasteiger charge is 2.13. The normalized spacial score (nSPS) is 12.2. The Morgan fingerprint density at radius 2 is 2.20 bits per heavy atom. The summed E-state index contributed by atoms with van der Waals surface area (Å²) in [6.45, 7) is 6.67. The van der Waals surface area contributed by atoms with Crippen molar-refractivity contribution in [3.05, 3.63) is 28.1 Å². The number of nitrogens with zero attached hydrogens (tertiary/aromatic N) is 3. The molecular formula is C13H18FN5S. The van der Waals surface area contributed by atoms with E-state index in [-0.39, 0.29) is 11.9 Å². The fourth-order valence-corrected chi connectivity index (χ4v) is 2.43. The van der Waals surface area contributed by atoms with Gasteiger partial charge in [-0.1, -0.05) is 6.92 Å². The van der Waals surface area contributed by atoms with Crippen LogP contribution >= 0.6 is 11.3 Å². The van der Waals surface area contributed by atoms with Crippen molar-refractivity contribution in [2.45, 2.75) is 33.2 Å². The van der Waals surface area contributed by atoms with E-state index in [0.717, 1.165) is 23.7 Å². The molecule has 1 atom stereocenters. The summed E-state index contributed by atoms with van der Waals surface area (Å²) in [5.74, 6) is 0.157. The predicted octanol–water partition coefficient (Wildman–Crippen LogP) is 3.38. The first-order chi connectivity index (χ1) is 9.60. The zero-order valence-electron chi connectivity index (χ0n) is 11.8. The van der Waals surface area contributed by atoms with Crippen molar-refractivity contribution in [2.75, 3.05) is 17.2 Å². The van der Waals surface area contributed by atoms with Gasteiger partial charge in [0.1, 0.15) is 5.01 Å². The fraction of sp³-hybridized carbons (Fsp3) is 0.462. The SMILES string of the molecule is CCCNc1ncc(F)c(NC(C)c2nc(C)cs2)n1. The molecule has 0 amide bonds. The summed E-state index contributed by atoms with van der Waals surface area (Å²) in [5.41, 5.74) is 0.965. The van der Waals surface area contributed by atoms with Crippen LogP contribution in [0.1, 0.15) is 37.0 Å². The average molecular weight is 295 g/mol. The van der Waals surface area contributed by atoms with Crippen LogP contribution in [0.2, 0.25) is 0 Å². The lowest BCUT2D eigenvalue weighted by Crippen LogP contribution is -2.12. The lowest BCUT2D eigenvalue weighted by molar-refractivity contribution is 0.614. The minimum absolute atomic E-state index is 0.0999. The molecule has 0 saturated heterocycles. The third-order valence-corrected chi connectivity index (χ3v) is 3.78. The van der Waals surface area contributed by atoms with Gasteiger partial charge in [-0.25, -0.2) is 14.4 Å². The van der Waals surface area contributed by atoms with Gasteiger partial charge >= 0.3 is 0 Å². The quantitative estimate of drug-likeness (QED) is 0.855. The van der Waals surface area contributed by atoms with Gasteiger partial charge in [0.15, 0.2) is 11.6 Å². The molecule has 0 bridgehead atoms. The number of aryl methyl sites for hydroxylation is 1. The van der Waals surface area contributed by atoms with E-state index in [2.05, 4.69) is 25.6 Å². The summed E-state index contributed by atoms with van der Waals surface area (Å²) in [6.07, 6.45) is 2.13. The van der Waals surface area contributed by atoms with E-state index < -0.39 is 5.82 Å². The number of aromatic nitrogens is 3. The number of nitrogens with one attached hydrogen (secondary N) is 2. The molecule has 0 radical (unpaired) electrons. The standard InChI is InChI=1S/C13H18FN5S/c1-4-5-15-13-16-6-10(14)11(19-13)18-9(3)12-17-8(2)7-20-12/h6-7,9H,4-5H2,1-3H3,(H2,15,16,18,19). The Morgan fingerprint density at radius 1 is 1.40 bits per heavy atom. The molecule has 2 rings (SSSR count). The average Bonchev–Trinajstić information content (AvgIpc) is 2.86. The van der Waals surface area contributed by atoms with Gasteiger partial charge in [-0.3, -0.25) is 0 Å². The molecular weight excluding hydrogens is 277 g/mol. The second-order valence-electron chi connectivity index (χ2n) is 4.51. The highest BCUT2D eigenvalue weighted by molar-refractivity contribution is 7.09. The molecule has 2 aromatic rings. The highest BCUT2D eigenvalue weighted by atomic mass is 32.1. The first-order valence-electron chi connectivity index (χ1n) is 6.55. The molecule has 0 aliphatic carbocycles. The van der Waals surface area contributed by atoms with Crippen molar-refractivity contribution >= 4 is 23.1 Å². The van der Waals surface area contributed by atoms with E-state index in [4.69, 9.17) is 0 Å². The molecule has 5 nitrogen and oxygen atoms in total. The third kappa shape index (κ3) is 3.63. The highest BCUT2D eigenvalue weighted by Crippen LogP contribution is 2.23. The fourth-order valence-electron chi connectivity index (χ4n) is 1.63. The Balaban J connectivity index is 2.11. The molecule has 20 heavy (non-hydrogen) atoms. The van der Waals surface area contributed by atoms with Gasteiger partial charge in [0, 0.05) is 17.6 Å². The summed E-state index contributed by atoms with van der Waals surface area (Å²) in [5, 5.41) is 8.95. The molecule has 0 aromatic carbocycles. The number of thiazole rings is 1. The van der Waals surface area contributed by atoms with Crippen LogP contribution in [0.4, 0.5) is 16.2 Å². The predicted molar refractivity (Wildman–Crippen MR) is 79.7 cm³/mol. The summed E-state index contributed by atoms with van der Waals surface area (Å²) in [4.78, 5) is 12.4. The van der Waals surface area contributed by atoms with Crippen LogP contribution in [0.3, 0.4) is 0 Å². The Kier molecular flexibility index (Phi) is 4.84. The van der Waals surface area contributed by atoms with Crippen molar-refractivity contribution in [3.63, 3.8) is 0 Å². The van der Waals surface area contributed by atoms with E-state index in [9.17, 15) is 4.39 Å². The van der Waals surface area contributed by atoms with Gasteiger partial charge in [-0.15, -0.1) is 11.3 Å². The van der Waals surface area contributed by atoms with Crippen molar-refractivity contribution in [1.82, 2.24) is 15.0 Å². The molecule has 7 heteroatoms. The number of rotatable bonds is 6. The zero-order chi connectivity index (χ0) is 14.5. The van der Waals surface area contributed by atoms with Crippen LogP contribution in [0.15, 0.2) is 11.6 Å². The first-order valence-corrected chi connectivity index (χ1v) is 7.43.